The van der Waals surface area contributed by atoms with Gasteiger partial charge in [-0.25, -0.2) is 14.4 Å². The number of rotatable bonds is 12. The van der Waals surface area contributed by atoms with E-state index < -0.39 is 53.6 Å². The minimum absolute atomic E-state index is 0.00351. The number of carbonyl (C=O) groups is 4. The number of carbonyl (C=O) groups excluding carboxylic acids is 4. The molecule has 0 radical (unpaired) electrons. The molecule has 16 heteroatoms. The fourth-order valence-corrected chi connectivity index (χ4v) is 6.54. The van der Waals surface area contributed by atoms with E-state index in [1.165, 1.54) is 21.3 Å². The van der Waals surface area contributed by atoms with Crippen LogP contribution in [-0.2, 0) is 28.5 Å². The molecule has 0 aromatic heterocycles. The highest BCUT2D eigenvalue weighted by atomic mass is 16.7. The zero-order valence-corrected chi connectivity index (χ0v) is 35.2. The van der Waals surface area contributed by atoms with Crippen molar-refractivity contribution >= 4 is 24.4 Å². The van der Waals surface area contributed by atoms with E-state index in [4.69, 9.17) is 47.4 Å². The number of aldehydes is 1. The highest BCUT2D eigenvalue weighted by Crippen LogP contribution is 2.63. The Bertz CT molecular complexity index is 1780. The van der Waals surface area contributed by atoms with Crippen LogP contribution >= 0.6 is 0 Å². The van der Waals surface area contributed by atoms with Gasteiger partial charge in [-0.15, -0.1) is 0 Å². The molecule has 0 spiro atoms. The summed E-state index contributed by atoms with van der Waals surface area (Å²) in [6, 6.07) is 2.07. The highest BCUT2D eigenvalue weighted by Gasteiger charge is 2.46. The fraction of sp³-hybridized carbons (Fsp3) is 0.610. The molecule has 1 aliphatic carbocycles. The molecule has 5 rings (SSSR count). The Morgan fingerprint density at radius 3 is 1.54 bits per heavy atom. The number of benzene rings is 2. The van der Waals surface area contributed by atoms with Crippen LogP contribution in [0.1, 0.15) is 105 Å². The first-order chi connectivity index (χ1) is 26.7. The normalized spacial score (nSPS) is 17.2. The van der Waals surface area contributed by atoms with E-state index in [-0.39, 0.29) is 19.5 Å². The number of amides is 2. The summed E-state index contributed by atoms with van der Waals surface area (Å²) in [6.45, 7) is 18.4. The second kappa shape index (κ2) is 18.4. The van der Waals surface area contributed by atoms with Crippen LogP contribution in [0.3, 0.4) is 0 Å². The lowest BCUT2D eigenvalue weighted by atomic mass is 9.80. The maximum atomic E-state index is 13.8. The van der Waals surface area contributed by atoms with Crippen molar-refractivity contribution in [1.82, 2.24) is 10.6 Å². The fourth-order valence-electron chi connectivity index (χ4n) is 6.54. The number of methoxy groups -OCH3 is 3. The number of hydrogen-bond donors (Lipinski definition) is 2. The van der Waals surface area contributed by atoms with Crippen molar-refractivity contribution in [1.29, 1.82) is 0 Å². The number of fused-ring (bicyclic) bond motifs is 7. The lowest BCUT2D eigenvalue weighted by Crippen LogP contribution is -2.45. The van der Waals surface area contributed by atoms with Crippen molar-refractivity contribution in [2.24, 2.45) is 11.8 Å². The molecular weight excluding hydrogens is 744 g/mol. The van der Waals surface area contributed by atoms with Crippen molar-refractivity contribution in [2.45, 2.75) is 118 Å². The Kier molecular flexibility index (Phi) is 14.4. The average Bonchev–Trinajstić information content (AvgIpc) is 3.79. The van der Waals surface area contributed by atoms with E-state index in [2.05, 4.69) is 10.6 Å². The van der Waals surface area contributed by atoms with E-state index in [0.29, 0.717) is 75.5 Å². The molecule has 2 aromatic rings. The summed E-state index contributed by atoms with van der Waals surface area (Å²) < 4.78 is 57.3. The van der Waals surface area contributed by atoms with Gasteiger partial charge in [0.25, 0.3) is 0 Å². The molecule has 0 saturated carbocycles. The summed E-state index contributed by atoms with van der Waals surface area (Å²) in [6.07, 6.45) is -1.35. The van der Waals surface area contributed by atoms with Crippen molar-refractivity contribution < 1.29 is 66.5 Å². The molecule has 4 unspecified atom stereocenters. The molecule has 2 aliphatic heterocycles. The first-order valence-corrected chi connectivity index (χ1v) is 18.9. The number of ether oxygens (including phenoxy) is 10. The van der Waals surface area contributed by atoms with Crippen molar-refractivity contribution in [3.05, 3.63) is 23.3 Å². The summed E-state index contributed by atoms with van der Waals surface area (Å²) in [5.74, 6) is 2.31. The van der Waals surface area contributed by atoms with Crippen LogP contribution in [0, 0.1) is 11.8 Å². The molecular formula is C41H58N2O14. The van der Waals surface area contributed by atoms with Gasteiger partial charge >= 0.3 is 18.2 Å². The zero-order chi connectivity index (χ0) is 42.4. The largest absolute Gasteiger partial charge is 0.493 e. The van der Waals surface area contributed by atoms with E-state index >= 15 is 0 Å². The molecule has 2 aromatic carbocycles. The van der Waals surface area contributed by atoms with Crippen LogP contribution in [0.25, 0.3) is 11.1 Å². The third-order valence-electron chi connectivity index (χ3n) is 8.63. The summed E-state index contributed by atoms with van der Waals surface area (Å²) in [4.78, 5) is 48.5. The third kappa shape index (κ3) is 11.1. The third-order valence-corrected chi connectivity index (χ3v) is 8.63. The maximum absolute atomic E-state index is 13.8. The van der Waals surface area contributed by atoms with Crippen LogP contribution in [0.2, 0.25) is 0 Å². The Morgan fingerprint density at radius 2 is 1.14 bits per heavy atom. The van der Waals surface area contributed by atoms with Crippen molar-refractivity contribution in [2.75, 3.05) is 34.9 Å². The minimum Gasteiger partial charge on any atom is -0.493 e. The average molecular weight is 803 g/mol. The molecule has 0 fully saturated rings. The first-order valence-electron chi connectivity index (χ1n) is 18.9. The van der Waals surface area contributed by atoms with Crippen LogP contribution in [0.15, 0.2) is 12.1 Å². The SMILES string of the molecule is CC(C)CC(C=O)NC(=O)OC(C)(C)C.COc1cc2c(c3c1OCO3)-c1c(cc(OC)c3c1OCO3)C(OC(=O)C(CC(C)C)NC(=O)OC(C)(C)C)C2OC. The van der Waals surface area contributed by atoms with Crippen LogP contribution in [0.5, 0.6) is 34.5 Å². The quantitative estimate of drug-likeness (QED) is 0.125. The zero-order valence-electron chi connectivity index (χ0n) is 35.2. The van der Waals surface area contributed by atoms with E-state index in [9.17, 15) is 19.2 Å². The molecule has 3 aliphatic rings. The van der Waals surface area contributed by atoms with Crippen molar-refractivity contribution in [3.8, 4) is 45.6 Å². The first kappa shape index (κ1) is 44.6. The number of hydrogen-bond acceptors (Lipinski definition) is 14. The maximum Gasteiger partial charge on any atom is 0.408 e. The number of alkyl carbamates (subject to hydrolysis) is 2. The van der Waals surface area contributed by atoms with Crippen LogP contribution in [-0.4, -0.2) is 82.6 Å². The minimum atomic E-state index is -0.982. The highest BCUT2D eigenvalue weighted by molar-refractivity contribution is 5.91. The molecule has 2 amide bonds. The van der Waals surface area contributed by atoms with E-state index in [0.717, 1.165) is 6.29 Å². The van der Waals surface area contributed by atoms with Gasteiger partial charge in [-0.3, -0.25) is 0 Å². The molecule has 0 saturated heterocycles. The predicted molar refractivity (Wildman–Crippen MR) is 207 cm³/mol. The molecule has 16 nitrogen and oxygen atoms in total. The van der Waals surface area contributed by atoms with Gasteiger partial charge in [-0.1, -0.05) is 27.7 Å². The molecule has 57 heavy (non-hydrogen) atoms. The lowest BCUT2D eigenvalue weighted by Gasteiger charge is -2.36. The molecule has 2 heterocycles. The Labute approximate surface area is 334 Å². The van der Waals surface area contributed by atoms with Gasteiger partial charge in [0.15, 0.2) is 29.1 Å². The Balaban J connectivity index is 0.000000408. The summed E-state index contributed by atoms with van der Waals surface area (Å²) in [5, 5.41) is 5.21. The molecule has 0 bridgehead atoms. The van der Waals surface area contributed by atoms with Crippen molar-refractivity contribution in [3.63, 3.8) is 0 Å². The smallest absolute Gasteiger partial charge is 0.408 e. The van der Waals surface area contributed by atoms with Gasteiger partial charge in [0, 0.05) is 29.4 Å². The number of esters is 1. The second-order valence-electron chi connectivity index (χ2n) is 16.6. The van der Waals surface area contributed by atoms with Crippen LogP contribution in [0.4, 0.5) is 9.59 Å². The number of nitrogens with one attached hydrogen (secondary N) is 2. The van der Waals surface area contributed by atoms with E-state index in [1.54, 1.807) is 53.7 Å². The topological polar surface area (TPSA) is 185 Å². The molecule has 316 valence electrons. The van der Waals surface area contributed by atoms with Gasteiger partial charge in [-0.05, 0) is 78.4 Å². The monoisotopic (exact) mass is 802 g/mol. The predicted octanol–water partition coefficient (Wildman–Crippen LogP) is 7.18. The summed E-state index contributed by atoms with van der Waals surface area (Å²) in [7, 11) is 4.56. The summed E-state index contributed by atoms with van der Waals surface area (Å²) >= 11 is 0. The standard InChI is InChI=1S/C30H37NO11.C11H21NO3/c1-14(2)9-17(31-29(33)42-30(3,4)5)28(32)41-23-16-11-19(35-7)25-27(40-13-38-25)21(16)20-15(22(23)36-8)10-18(34-6)24-26(20)39-12-37-24;1-8(2)6-9(7-13)12-10(14)15-11(3,4)5/h10-11,14,17,22-23H,9,12-13H2,1-8H3,(H,31,33);7-9H,6H2,1-5H3,(H,12,14). The lowest BCUT2D eigenvalue weighted by molar-refractivity contribution is -0.160. The van der Waals surface area contributed by atoms with Gasteiger partial charge in [0.1, 0.15) is 29.6 Å². The second-order valence-corrected chi connectivity index (χ2v) is 16.6. The molecule has 2 N–H and O–H groups in total. The van der Waals surface area contributed by atoms with Gasteiger partial charge in [0.2, 0.25) is 25.1 Å². The molecule has 4 atom stereocenters. The Hall–Kier alpha value is -5.12. The Morgan fingerprint density at radius 1 is 0.702 bits per heavy atom. The van der Waals surface area contributed by atoms with Gasteiger partial charge < -0.3 is 62.8 Å². The van der Waals surface area contributed by atoms with Crippen LogP contribution < -0.4 is 39.1 Å². The van der Waals surface area contributed by atoms with Gasteiger partial charge in [0.05, 0.1) is 20.3 Å². The van der Waals surface area contributed by atoms with Gasteiger partial charge in [-0.2, -0.15) is 0 Å². The van der Waals surface area contributed by atoms with E-state index in [1.807, 2.05) is 27.7 Å². The summed E-state index contributed by atoms with van der Waals surface area (Å²) in [5.41, 5.74) is 1.14.